The fourth-order valence-electron chi connectivity index (χ4n) is 2.36. The number of hydrogen-bond donors (Lipinski definition) is 0. The zero-order valence-electron chi connectivity index (χ0n) is 14.1. The number of nitrogens with zero attached hydrogens (tertiary/aromatic N) is 1. The Hall–Kier alpha value is -1.56. The van der Waals surface area contributed by atoms with E-state index in [1.807, 2.05) is 0 Å². The lowest BCUT2D eigenvalue weighted by atomic mass is 9.94. The van der Waals surface area contributed by atoms with Crippen molar-refractivity contribution in [2.75, 3.05) is 19.7 Å². The highest BCUT2D eigenvalue weighted by molar-refractivity contribution is 6.32. The highest BCUT2D eigenvalue weighted by atomic mass is 35.5. The maximum atomic E-state index is 14.8. The Morgan fingerprint density at radius 2 is 1.96 bits per heavy atom. The van der Waals surface area contributed by atoms with Crippen LogP contribution in [0.15, 0.2) is 18.2 Å². The molecule has 1 aromatic rings. The van der Waals surface area contributed by atoms with Crippen LogP contribution in [0, 0.1) is 5.82 Å². The molecule has 0 spiro atoms. The van der Waals surface area contributed by atoms with Crippen LogP contribution < -0.4 is 4.74 Å². The Balaban J connectivity index is 1.87. The van der Waals surface area contributed by atoms with E-state index in [1.54, 1.807) is 20.8 Å². The van der Waals surface area contributed by atoms with Gasteiger partial charge in [0.15, 0.2) is 0 Å². The molecule has 4 nitrogen and oxygen atoms in total. The lowest BCUT2D eigenvalue weighted by molar-refractivity contribution is -0.00913. The van der Waals surface area contributed by atoms with Gasteiger partial charge in [-0.1, -0.05) is 11.6 Å². The second-order valence-corrected chi connectivity index (χ2v) is 7.39. The second-order valence-electron chi connectivity index (χ2n) is 6.98. The van der Waals surface area contributed by atoms with Crippen LogP contribution in [0.2, 0.25) is 5.02 Å². The highest BCUT2D eigenvalue weighted by Gasteiger charge is 2.38. The Morgan fingerprint density at radius 3 is 2.50 bits per heavy atom. The Labute approximate surface area is 145 Å². The summed E-state index contributed by atoms with van der Waals surface area (Å²) in [4.78, 5) is 13.5. The summed E-state index contributed by atoms with van der Waals surface area (Å²) >= 11 is 5.86. The predicted molar refractivity (Wildman–Crippen MR) is 87.8 cm³/mol. The zero-order chi connectivity index (χ0) is 18.0. The van der Waals surface area contributed by atoms with Gasteiger partial charge in [-0.15, -0.1) is 0 Å². The third kappa shape index (κ3) is 5.23. The Morgan fingerprint density at radius 1 is 1.33 bits per heavy atom. The molecule has 0 aromatic heterocycles. The minimum absolute atomic E-state index is 0.102. The standard InChI is InChI=1S/C17H22ClF2NO3/c1-16(2,3)24-15(22)21-8-6-17(20,7-9-21)11-23-14-5-4-12(19)10-13(14)18/h4-5,10H,6-9,11H2,1-3H3. The number of piperidine rings is 1. The van der Waals surface area contributed by atoms with Crippen molar-refractivity contribution in [3.05, 3.63) is 29.0 Å². The van der Waals surface area contributed by atoms with Crippen molar-refractivity contribution in [3.8, 4) is 5.75 Å². The van der Waals surface area contributed by atoms with Crippen LogP contribution in [0.1, 0.15) is 33.6 Å². The van der Waals surface area contributed by atoms with Gasteiger partial charge in [0, 0.05) is 25.9 Å². The molecule has 0 unspecified atom stereocenters. The topological polar surface area (TPSA) is 38.8 Å². The molecule has 0 aliphatic carbocycles. The predicted octanol–water partition coefficient (Wildman–Crippen LogP) is 4.60. The molecule has 1 aliphatic rings. The first-order valence-electron chi connectivity index (χ1n) is 7.83. The van der Waals surface area contributed by atoms with Crippen LogP contribution in [-0.4, -0.2) is 42.0 Å². The molecule has 2 rings (SSSR count). The lowest BCUT2D eigenvalue weighted by Gasteiger charge is -2.36. The van der Waals surface area contributed by atoms with Crippen molar-refractivity contribution in [2.24, 2.45) is 0 Å². The molecule has 0 radical (unpaired) electrons. The van der Waals surface area contributed by atoms with Crippen molar-refractivity contribution < 1.29 is 23.0 Å². The van der Waals surface area contributed by atoms with Gasteiger partial charge in [0.1, 0.15) is 29.4 Å². The normalized spacial score (nSPS) is 17.5. The van der Waals surface area contributed by atoms with E-state index < -0.39 is 23.2 Å². The maximum absolute atomic E-state index is 14.8. The van der Waals surface area contributed by atoms with Crippen molar-refractivity contribution in [3.63, 3.8) is 0 Å². The van der Waals surface area contributed by atoms with E-state index in [0.717, 1.165) is 6.07 Å². The van der Waals surface area contributed by atoms with Gasteiger partial charge in [0.2, 0.25) is 0 Å². The number of benzene rings is 1. The van der Waals surface area contributed by atoms with Gasteiger partial charge in [-0.25, -0.2) is 13.6 Å². The van der Waals surface area contributed by atoms with E-state index in [-0.39, 0.29) is 43.3 Å². The molecule has 0 bridgehead atoms. The maximum Gasteiger partial charge on any atom is 0.410 e. The Kier molecular flexibility index (Phi) is 5.58. The minimum Gasteiger partial charge on any atom is -0.489 e. The second kappa shape index (κ2) is 7.13. The minimum atomic E-state index is -1.56. The number of halogens is 3. The highest BCUT2D eigenvalue weighted by Crippen LogP contribution is 2.31. The van der Waals surface area contributed by atoms with Crippen LogP contribution in [0.4, 0.5) is 13.6 Å². The molecule has 1 amide bonds. The van der Waals surface area contributed by atoms with Gasteiger partial charge in [-0.2, -0.15) is 0 Å². The summed E-state index contributed by atoms with van der Waals surface area (Å²) in [6.45, 7) is 5.68. The molecule has 1 saturated heterocycles. The largest absolute Gasteiger partial charge is 0.489 e. The van der Waals surface area contributed by atoms with E-state index in [2.05, 4.69) is 0 Å². The molecule has 1 fully saturated rings. The SMILES string of the molecule is CC(C)(C)OC(=O)N1CCC(F)(COc2ccc(F)cc2Cl)CC1. The summed E-state index contributed by atoms with van der Waals surface area (Å²) in [5.74, 6) is -0.238. The number of rotatable bonds is 3. The van der Waals surface area contributed by atoms with E-state index in [9.17, 15) is 13.6 Å². The van der Waals surface area contributed by atoms with Gasteiger partial charge in [-0.3, -0.25) is 0 Å². The van der Waals surface area contributed by atoms with Crippen LogP contribution in [-0.2, 0) is 4.74 Å². The van der Waals surface area contributed by atoms with Gasteiger partial charge < -0.3 is 14.4 Å². The average molecular weight is 362 g/mol. The number of ether oxygens (including phenoxy) is 2. The summed E-state index contributed by atoms with van der Waals surface area (Å²) in [6.07, 6.45) is -0.150. The summed E-state index contributed by atoms with van der Waals surface area (Å²) in [5.41, 5.74) is -2.14. The van der Waals surface area contributed by atoms with E-state index in [4.69, 9.17) is 21.1 Å². The molecule has 1 aromatic carbocycles. The fraction of sp³-hybridized carbons (Fsp3) is 0.588. The third-order valence-electron chi connectivity index (χ3n) is 3.69. The number of carbonyl (C=O) groups excluding carboxylic acids is 1. The van der Waals surface area contributed by atoms with Gasteiger partial charge in [-0.05, 0) is 39.0 Å². The molecule has 1 aliphatic heterocycles. The van der Waals surface area contributed by atoms with E-state index >= 15 is 0 Å². The van der Waals surface area contributed by atoms with Crippen LogP contribution >= 0.6 is 11.6 Å². The zero-order valence-corrected chi connectivity index (χ0v) is 14.8. The monoisotopic (exact) mass is 361 g/mol. The number of carbonyl (C=O) groups is 1. The van der Waals surface area contributed by atoms with E-state index in [1.165, 1.54) is 17.0 Å². The first-order valence-corrected chi connectivity index (χ1v) is 8.20. The molecule has 0 atom stereocenters. The van der Waals surface area contributed by atoms with Crippen molar-refractivity contribution in [2.45, 2.75) is 44.9 Å². The van der Waals surface area contributed by atoms with Gasteiger partial charge in [0.25, 0.3) is 0 Å². The van der Waals surface area contributed by atoms with Gasteiger partial charge in [0.05, 0.1) is 5.02 Å². The number of amides is 1. The third-order valence-corrected chi connectivity index (χ3v) is 3.99. The number of likely N-dealkylation sites (tertiary alicyclic amines) is 1. The summed E-state index contributed by atoms with van der Waals surface area (Å²) in [5, 5.41) is 0.102. The first-order chi connectivity index (χ1) is 11.1. The van der Waals surface area contributed by atoms with Crippen molar-refractivity contribution in [1.82, 2.24) is 4.90 Å². The summed E-state index contributed by atoms with van der Waals surface area (Å²) in [7, 11) is 0. The van der Waals surface area contributed by atoms with Gasteiger partial charge >= 0.3 is 6.09 Å². The average Bonchev–Trinajstić information content (AvgIpc) is 2.45. The molecule has 1 heterocycles. The van der Waals surface area contributed by atoms with Crippen molar-refractivity contribution in [1.29, 1.82) is 0 Å². The molecular formula is C17H22ClF2NO3. The van der Waals surface area contributed by atoms with Crippen LogP contribution in [0.3, 0.4) is 0 Å². The molecule has 24 heavy (non-hydrogen) atoms. The molecule has 0 N–H and O–H groups in total. The summed E-state index contributed by atoms with van der Waals surface area (Å²) < 4.78 is 38.5. The molecule has 7 heteroatoms. The fourth-order valence-corrected chi connectivity index (χ4v) is 2.58. The first kappa shape index (κ1) is 18.8. The summed E-state index contributed by atoms with van der Waals surface area (Å²) in [6, 6.07) is 3.70. The quantitative estimate of drug-likeness (QED) is 0.790. The Bertz CT molecular complexity index is 596. The van der Waals surface area contributed by atoms with Crippen LogP contribution in [0.5, 0.6) is 5.75 Å². The molecular weight excluding hydrogens is 340 g/mol. The van der Waals surface area contributed by atoms with Crippen molar-refractivity contribution >= 4 is 17.7 Å². The van der Waals surface area contributed by atoms with Crippen LogP contribution in [0.25, 0.3) is 0 Å². The smallest absolute Gasteiger partial charge is 0.410 e. The lowest BCUT2D eigenvalue weighted by Crippen LogP contribution is -2.48. The number of alkyl halides is 1. The van der Waals surface area contributed by atoms with E-state index in [0.29, 0.717) is 0 Å². The number of hydrogen-bond acceptors (Lipinski definition) is 3. The molecule has 0 saturated carbocycles. The molecule has 134 valence electrons.